The van der Waals surface area contributed by atoms with Crippen LogP contribution in [0.2, 0.25) is 0 Å². The van der Waals surface area contributed by atoms with Gasteiger partial charge in [-0.15, -0.1) is 0 Å². The minimum absolute atomic E-state index is 0.150. The van der Waals surface area contributed by atoms with Gasteiger partial charge in [0.05, 0.1) is 5.25 Å². The van der Waals surface area contributed by atoms with E-state index in [1.165, 1.54) is 0 Å². The van der Waals surface area contributed by atoms with E-state index in [2.05, 4.69) is 19.2 Å². The van der Waals surface area contributed by atoms with Crippen molar-refractivity contribution in [2.75, 3.05) is 26.2 Å². The Hall–Kier alpha value is -0.130. The highest BCUT2D eigenvalue weighted by atomic mass is 32.2. The van der Waals surface area contributed by atoms with Crippen LogP contribution >= 0.6 is 0 Å². The van der Waals surface area contributed by atoms with E-state index < -0.39 is 10.0 Å². The van der Waals surface area contributed by atoms with Gasteiger partial charge in [0, 0.05) is 13.1 Å². The molecule has 5 heteroatoms. The summed E-state index contributed by atoms with van der Waals surface area (Å²) in [7, 11) is -3.04. The summed E-state index contributed by atoms with van der Waals surface area (Å²) in [6.07, 6.45) is 2.51. The summed E-state index contributed by atoms with van der Waals surface area (Å²) in [5.74, 6) is 0. The number of nitrogens with zero attached hydrogens (tertiary/aromatic N) is 1. The van der Waals surface area contributed by atoms with E-state index in [1.54, 1.807) is 4.31 Å². The number of hydrogen-bond acceptors (Lipinski definition) is 3. The van der Waals surface area contributed by atoms with Crippen molar-refractivity contribution < 1.29 is 8.42 Å². The van der Waals surface area contributed by atoms with E-state index >= 15 is 0 Å². The van der Waals surface area contributed by atoms with Crippen molar-refractivity contribution in [1.82, 2.24) is 9.62 Å². The molecule has 2 fully saturated rings. The second-order valence-corrected chi connectivity index (χ2v) is 7.96. The first kappa shape index (κ1) is 12.3. The lowest BCUT2D eigenvalue weighted by molar-refractivity contribution is 0.368. The van der Waals surface area contributed by atoms with E-state index in [0.717, 1.165) is 32.4 Å². The fourth-order valence-corrected chi connectivity index (χ4v) is 4.71. The molecule has 2 aliphatic rings. The summed E-state index contributed by atoms with van der Waals surface area (Å²) in [6.45, 7) is 7.36. The van der Waals surface area contributed by atoms with Crippen molar-refractivity contribution in [1.29, 1.82) is 0 Å². The SMILES string of the molecule is CC1(C)CCN(S(=O)(=O)C2CCNCC2)C1. The number of sulfonamides is 1. The molecule has 0 bridgehead atoms. The molecule has 0 atom stereocenters. The second-order valence-electron chi connectivity index (χ2n) is 5.74. The third-order valence-electron chi connectivity index (χ3n) is 3.71. The van der Waals surface area contributed by atoms with Crippen LogP contribution in [0, 0.1) is 5.41 Å². The quantitative estimate of drug-likeness (QED) is 0.784. The largest absolute Gasteiger partial charge is 0.317 e. The summed E-state index contributed by atoms with van der Waals surface area (Å²) in [4.78, 5) is 0. The number of rotatable bonds is 2. The number of piperidine rings is 1. The molecule has 0 radical (unpaired) electrons. The molecule has 0 unspecified atom stereocenters. The molecule has 0 saturated carbocycles. The van der Waals surface area contributed by atoms with Gasteiger partial charge < -0.3 is 5.32 Å². The monoisotopic (exact) mass is 246 g/mol. The van der Waals surface area contributed by atoms with Crippen LogP contribution in [-0.2, 0) is 10.0 Å². The van der Waals surface area contributed by atoms with Crippen molar-refractivity contribution in [3.8, 4) is 0 Å². The van der Waals surface area contributed by atoms with Gasteiger partial charge in [-0.25, -0.2) is 12.7 Å². The third kappa shape index (κ3) is 2.41. The Morgan fingerprint density at radius 2 is 1.88 bits per heavy atom. The van der Waals surface area contributed by atoms with Gasteiger partial charge in [0.15, 0.2) is 0 Å². The fourth-order valence-electron chi connectivity index (χ4n) is 2.58. The van der Waals surface area contributed by atoms with E-state index in [0.29, 0.717) is 13.1 Å². The third-order valence-corrected chi connectivity index (χ3v) is 6.06. The minimum atomic E-state index is -3.04. The molecule has 16 heavy (non-hydrogen) atoms. The summed E-state index contributed by atoms with van der Waals surface area (Å²) in [6, 6.07) is 0. The Bertz CT molecular complexity index is 345. The van der Waals surface area contributed by atoms with Crippen molar-refractivity contribution in [3.05, 3.63) is 0 Å². The van der Waals surface area contributed by atoms with Gasteiger partial charge in [-0.2, -0.15) is 0 Å². The minimum Gasteiger partial charge on any atom is -0.317 e. The predicted octanol–water partition coefficient (Wildman–Crippen LogP) is 0.800. The van der Waals surface area contributed by atoms with Gasteiger partial charge in [0.2, 0.25) is 10.0 Å². The smallest absolute Gasteiger partial charge is 0.217 e. The van der Waals surface area contributed by atoms with Crippen LogP contribution in [0.4, 0.5) is 0 Å². The Labute approximate surface area is 98.4 Å². The maximum Gasteiger partial charge on any atom is 0.217 e. The van der Waals surface area contributed by atoms with Gasteiger partial charge in [0.1, 0.15) is 0 Å². The van der Waals surface area contributed by atoms with Crippen molar-refractivity contribution in [3.63, 3.8) is 0 Å². The highest BCUT2D eigenvalue weighted by Crippen LogP contribution is 2.32. The van der Waals surface area contributed by atoms with Crippen molar-refractivity contribution in [2.45, 2.75) is 38.4 Å². The predicted molar refractivity (Wildman–Crippen MR) is 64.8 cm³/mol. The first-order valence-electron chi connectivity index (χ1n) is 6.11. The molecule has 2 saturated heterocycles. The van der Waals surface area contributed by atoms with Crippen LogP contribution < -0.4 is 5.32 Å². The van der Waals surface area contributed by atoms with Crippen LogP contribution in [0.25, 0.3) is 0 Å². The van der Waals surface area contributed by atoms with Crippen LogP contribution in [0.15, 0.2) is 0 Å². The molecule has 0 aromatic rings. The van der Waals surface area contributed by atoms with Crippen LogP contribution in [0.5, 0.6) is 0 Å². The highest BCUT2D eigenvalue weighted by molar-refractivity contribution is 7.89. The number of nitrogens with one attached hydrogen (secondary N) is 1. The molecule has 0 spiro atoms. The maximum atomic E-state index is 12.4. The Kier molecular flexibility index (Phi) is 3.29. The first-order valence-corrected chi connectivity index (χ1v) is 7.62. The standard InChI is InChI=1S/C11H22N2O2S/c1-11(2)5-8-13(9-11)16(14,15)10-3-6-12-7-4-10/h10,12H,3-9H2,1-2H3. The Morgan fingerprint density at radius 3 is 2.38 bits per heavy atom. The maximum absolute atomic E-state index is 12.4. The summed E-state index contributed by atoms with van der Waals surface area (Å²) in [5, 5.41) is 3.06. The van der Waals surface area contributed by atoms with Gasteiger partial charge in [0.25, 0.3) is 0 Å². The van der Waals surface area contributed by atoms with Gasteiger partial charge >= 0.3 is 0 Å². The molecule has 2 rings (SSSR count). The highest BCUT2D eigenvalue weighted by Gasteiger charge is 2.40. The van der Waals surface area contributed by atoms with Crippen LogP contribution in [0.1, 0.15) is 33.1 Å². The lowest BCUT2D eigenvalue weighted by atomic mass is 9.93. The molecule has 0 amide bonds. The molecule has 1 N–H and O–H groups in total. The lowest BCUT2D eigenvalue weighted by Crippen LogP contribution is -2.43. The molecule has 2 heterocycles. The van der Waals surface area contributed by atoms with Crippen LogP contribution in [0.3, 0.4) is 0 Å². The van der Waals surface area contributed by atoms with Crippen molar-refractivity contribution in [2.24, 2.45) is 5.41 Å². The van der Waals surface area contributed by atoms with E-state index in [-0.39, 0.29) is 10.7 Å². The number of hydrogen-bond donors (Lipinski definition) is 1. The molecule has 2 aliphatic heterocycles. The zero-order chi connectivity index (χ0) is 11.8. The molecule has 0 aromatic carbocycles. The lowest BCUT2D eigenvalue weighted by Gasteiger charge is -2.28. The van der Waals surface area contributed by atoms with Crippen LogP contribution in [-0.4, -0.2) is 44.2 Å². The molecule has 4 nitrogen and oxygen atoms in total. The van der Waals surface area contributed by atoms with Crippen molar-refractivity contribution >= 4 is 10.0 Å². The second kappa shape index (κ2) is 4.27. The Balaban J connectivity index is 2.07. The van der Waals surface area contributed by atoms with Gasteiger partial charge in [-0.05, 0) is 37.8 Å². The molecule has 0 aromatic heterocycles. The molecular weight excluding hydrogens is 224 g/mol. The summed E-state index contributed by atoms with van der Waals surface area (Å²) < 4.78 is 26.5. The fraction of sp³-hybridized carbons (Fsp3) is 1.00. The van der Waals surface area contributed by atoms with Gasteiger partial charge in [-0.1, -0.05) is 13.8 Å². The summed E-state index contributed by atoms with van der Waals surface area (Å²) >= 11 is 0. The first-order chi connectivity index (χ1) is 7.42. The van der Waals surface area contributed by atoms with Gasteiger partial charge in [-0.3, -0.25) is 0 Å². The zero-order valence-electron chi connectivity index (χ0n) is 10.2. The van der Waals surface area contributed by atoms with E-state index in [1.807, 2.05) is 0 Å². The normalized spacial score (nSPS) is 28.4. The van der Waals surface area contributed by atoms with E-state index in [4.69, 9.17) is 0 Å². The molecule has 94 valence electrons. The molecular formula is C11H22N2O2S. The average molecular weight is 246 g/mol. The Morgan fingerprint density at radius 1 is 1.25 bits per heavy atom. The average Bonchev–Trinajstić information content (AvgIpc) is 2.61. The topological polar surface area (TPSA) is 49.4 Å². The zero-order valence-corrected chi connectivity index (χ0v) is 11.0. The molecule has 0 aliphatic carbocycles. The van der Waals surface area contributed by atoms with E-state index in [9.17, 15) is 8.42 Å². The summed E-state index contributed by atoms with van der Waals surface area (Å²) in [5.41, 5.74) is 0.153.